The zero-order valence-electron chi connectivity index (χ0n) is 8.11. The molecule has 0 aromatic heterocycles. The maximum Gasteiger partial charge on any atom is 0.0122 e. The largest absolute Gasteiger partial charge is 0.312 e. The van der Waals surface area contributed by atoms with Gasteiger partial charge in [0.05, 0.1) is 0 Å². The molecular weight excluding hydrogens is 134 g/mol. The molecule has 1 saturated carbocycles. The predicted octanol–water partition coefficient (Wildman–Crippen LogP) is 2.56. The van der Waals surface area contributed by atoms with E-state index in [0.29, 0.717) is 5.54 Å². The summed E-state index contributed by atoms with van der Waals surface area (Å²) in [6.07, 6.45) is 5.58. The molecule has 0 heterocycles. The first kappa shape index (κ1) is 9.05. The molecule has 0 saturated heterocycles. The van der Waals surface area contributed by atoms with Crippen molar-refractivity contribution in [1.29, 1.82) is 0 Å². The second kappa shape index (κ2) is 3.57. The second-order valence-corrected chi connectivity index (χ2v) is 4.42. The SMILES string of the molecule is CCC(C)(C)NCC1CCC1. The van der Waals surface area contributed by atoms with Gasteiger partial charge in [-0.15, -0.1) is 0 Å². The highest BCUT2D eigenvalue weighted by Crippen LogP contribution is 2.26. The molecule has 66 valence electrons. The first-order valence-electron chi connectivity index (χ1n) is 4.89. The monoisotopic (exact) mass is 155 g/mol. The Morgan fingerprint density at radius 3 is 2.36 bits per heavy atom. The molecule has 1 aliphatic carbocycles. The Labute approximate surface area is 70.6 Å². The van der Waals surface area contributed by atoms with Gasteiger partial charge in [-0.2, -0.15) is 0 Å². The van der Waals surface area contributed by atoms with Crippen molar-refractivity contribution in [2.45, 2.75) is 52.0 Å². The van der Waals surface area contributed by atoms with Crippen LogP contribution in [0, 0.1) is 5.92 Å². The minimum Gasteiger partial charge on any atom is -0.312 e. The van der Waals surface area contributed by atoms with Gasteiger partial charge in [-0.25, -0.2) is 0 Å². The Hall–Kier alpha value is -0.0400. The average Bonchev–Trinajstić information content (AvgIpc) is 1.84. The molecule has 1 fully saturated rings. The van der Waals surface area contributed by atoms with Gasteiger partial charge < -0.3 is 5.32 Å². The quantitative estimate of drug-likeness (QED) is 0.658. The highest BCUT2D eigenvalue weighted by Gasteiger charge is 2.20. The van der Waals surface area contributed by atoms with E-state index >= 15 is 0 Å². The Kier molecular flexibility index (Phi) is 2.94. The van der Waals surface area contributed by atoms with Crippen molar-refractivity contribution in [3.8, 4) is 0 Å². The molecule has 1 heteroatoms. The minimum atomic E-state index is 0.357. The Morgan fingerprint density at radius 1 is 1.36 bits per heavy atom. The summed E-state index contributed by atoms with van der Waals surface area (Å²) in [5, 5.41) is 3.61. The Bertz CT molecular complexity index is 114. The summed E-state index contributed by atoms with van der Waals surface area (Å²) >= 11 is 0. The molecule has 0 aromatic carbocycles. The molecule has 0 aromatic rings. The molecule has 1 rings (SSSR count). The van der Waals surface area contributed by atoms with E-state index in [0.717, 1.165) is 5.92 Å². The molecule has 1 N–H and O–H groups in total. The standard InChI is InChI=1S/C10H21N/c1-4-10(2,3)11-8-9-6-5-7-9/h9,11H,4-8H2,1-3H3. The van der Waals surface area contributed by atoms with Crippen LogP contribution in [0.3, 0.4) is 0 Å². The van der Waals surface area contributed by atoms with Crippen molar-refractivity contribution >= 4 is 0 Å². The van der Waals surface area contributed by atoms with Gasteiger partial charge in [-0.05, 0) is 45.6 Å². The highest BCUT2D eigenvalue weighted by atomic mass is 15.0. The third-order valence-corrected chi connectivity index (χ3v) is 2.98. The minimum absolute atomic E-state index is 0.357. The van der Waals surface area contributed by atoms with Crippen molar-refractivity contribution in [3.63, 3.8) is 0 Å². The number of hydrogen-bond donors (Lipinski definition) is 1. The molecule has 0 amide bonds. The van der Waals surface area contributed by atoms with Crippen LogP contribution in [0.1, 0.15) is 46.5 Å². The third kappa shape index (κ3) is 2.82. The van der Waals surface area contributed by atoms with Crippen molar-refractivity contribution < 1.29 is 0 Å². The van der Waals surface area contributed by atoms with Crippen molar-refractivity contribution in [3.05, 3.63) is 0 Å². The van der Waals surface area contributed by atoms with E-state index in [1.54, 1.807) is 0 Å². The topological polar surface area (TPSA) is 12.0 Å². The van der Waals surface area contributed by atoms with Gasteiger partial charge in [-0.1, -0.05) is 13.3 Å². The molecule has 1 nitrogen and oxygen atoms in total. The highest BCUT2D eigenvalue weighted by molar-refractivity contribution is 4.79. The summed E-state index contributed by atoms with van der Waals surface area (Å²) in [6, 6.07) is 0. The fourth-order valence-electron chi connectivity index (χ4n) is 1.24. The van der Waals surface area contributed by atoms with E-state index in [1.807, 2.05) is 0 Å². The van der Waals surface area contributed by atoms with Crippen LogP contribution in [0.2, 0.25) is 0 Å². The lowest BCUT2D eigenvalue weighted by Crippen LogP contribution is -2.42. The van der Waals surface area contributed by atoms with Gasteiger partial charge in [0.25, 0.3) is 0 Å². The maximum atomic E-state index is 3.61. The molecule has 1 aliphatic rings. The van der Waals surface area contributed by atoms with Crippen LogP contribution < -0.4 is 5.32 Å². The maximum absolute atomic E-state index is 3.61. The van der Waals surface area contributed by atoms with Gasteiger partial charge in [0.15, 0.2) is 0 Å². The van der Waals surface area contributed by atoms with Crippen LogP contribution in [-0.2, 0) is 0 Å². The van der Waals surface area contributed by atoms with Gasteiger partial charge in [0, 0.05) is 5.54 Å². The fourth-order valence-corrected chi connectivity index (χ4v) is 1.24. The summed E-state index contributed by atoms with van der Waals surface area (Å²) in [5.41, 5.74) is 0.357. The van der Waals surface area contributed by atoms with E-state index < -0.39 is 0 Å². The van der Waals surface area contributed by atoms with Gasteiger partial charge in [0.2, 0.25) is 0 Å². The molecule has 0 aliphatic heterocycles. The molecule has 11 heavy (non-hydrogen) atoms. The lowest BCUT2D eigenvalue weighted by Gasteiger charge is -2.31. The Morgan fingerprint density at radius 2 is 2.00 bits per heavy atom. The number of rotatable bonds is 4. The zero-order chi connectivity index (χ0) is 8.32. The molecule has 0 unspecified atom stereocenters. The second-order valence-electron chi connectivity index (χ2n) is 4.42. The molecule has 0 bridgehead atoms. The first-order valence-corrected chi connectivity index (χ1v) is 4.89. The van der Waals surface area contributed by atoms with Crippen LogP contribution in [0.5, 0.6) is 0 Å². The summed E-state index contributed by atoms with van der Waals surface area (Å²) in [4.78, 5) is 0. The lowest BCUT2D eigenvalue weighted by atomic mass is 9.85. The van der Waals surface area contributed by atoms with E-state index in [4.69, 9.17) is 0 Å². The van der Waals surface area contributed by atoms with Crippen molar-refractivity contribution in [2.24, 2.45) is 5.92 Å². The zero-order valence-corrected chi connectivity index (χ0v) is 8.11. The summed E-state index contributed by atoms with van der Waals surface area (Å²) in [6.45, 7) is 8.05. The van der Waals surface area contributed by atoms with Crippen LogP contribution in [0.25, 0.3) is 0 Å². The molecular formula is C10H21N. The number of hydrogen-bond acceptors (Lipinski definition) is 1. The van der Waals surface area contributed by atoms with Gasteiger partial charge in [-0.3, -0.25) is 0 Å². The summed E-state index contributed by atoms with van der Waals surface area (Å²) < 4.78 is 0. The van der Waals surface area contributed by atoms with Crippen LogP contribution >= 0.6 is 0 Å². The van der Waals surface area contributed by atoms with Gasteiger partial charge in [0.1, 0.15) is 0 Å². The van der Waals surface area contributed by atoms with Crippen molar-refractivity contribution in [2.75, 3.05) is 6.54 Å². The van der Waals surface area contributed by atoms with E-state index in [2.05, 4.69) is 26.1 Å². The third-order valence-electron chi connectivity index (χ3n) is 2.98. The van der Waals surface area contributed by atoms with Crippen LogP contribution in [-0.4, -0.2) is 12.1 Å². The number of nitrogens with one attached hydrogen (secondary N) is 1. The normalized spacial score (nSPS) is 19.9. The summed E-state index contributed by atoms with van der Waals surface area (Å²) in [7, 11) is 0. The summed E-state index contributed by atoms with van der Waals surface area (Å²) in [5.74, 6) is 0.987. The first-order chi connectivity index (χ1) is 5.14. The van der Waals surface area contributed by atoms with E-state index in [-0.39, 0.29) is 0 Å². The molecule has 0 radical (unpaired) electrons. The lowest BCUT2D eigenvalue weighted by molar-refractivity contribution is 0.259. The fraction of sp³-hybridized carbons (Fsp3) is 1.00. The van der Waals surface area contributed by atoms with Gasteiger partial charge >= 0.3 is 0 Å². The van der Waals surface area contributed by atoms with Crippen LogP contribution in [0.15, 0.2) is 0 Å². The van der Waals surface area contributed by atoms with Crippen molar-refractivity contribution in [1.82, 2.24) is 5.32 Å². The Balaban J connectivity index is 2.09. The smallest absolute Gasteiger partial charge is 0.0122 e. The molecule has 0 atom stereocenters. The van der Waals surface area contributed by atoms with Crippen LogP contribution in [0.4, 0.5) is 0 Å². The van der Waals surface area contributed by atoms with E-state index in [9.17, 15) is 0 Å². The molecule has 0 spiro atoms. The predicted molar refractivity (Wildman–Crippen MR) is 49.7 cm³/mol. The van der Waals surface area contributed by atoms with E-state index in [1.165, 1.54) is 32.2 Å². The average molecular weight is 155 g/mol.